The molecule has 0 fully saturated rings. The average molecular weight is 490 g/mol. The molecule has 0 atom stereocenters. The zero-order valence-electron chi connectivity index (χ0n) is 22.9. The van der Waals surface area contributed by atoms with E-state index in [4.69, 9.17) is 17.0 Å². The lowest BCUT2D eigenvalue weighted by molar-refractivity contribution is 0.512. The fourth-order valence-corrected chi connectivity index (χ4v) is 4.83. The van der Waals surface area contributed by atoms with Crippen molar-refractivity contribution in [3.63, 3.8) is 0 Å². The van der Waals surface area contributed by atoms with Crippen LogP contribution >= 0.6 is 12.2 Å². The van der Waals surface area contributed by atoms with Crippen LogP contribution in [0.15, 0.2) is 18.2 Å². The topological polar surface area (TPSA) is 21.3 Å². The summed E-state index contributed by atoms with van der Waals surface area (Å²) >= 11 is 5.53. The number of hydrogen-bond acceptors (Lipinski definition) is 2. The van der Waals surface area contributed by atoms with Crippen LogP contribution in [0.3, 0.4) is 0 Å². The van der Waals surface area contributed by atoms with Gasteiger partial charge in [-0.1, -0.05) is 129 Å². The minimum atomic E-state index is 0.533. The molecule has 196 valence electrons. The smallest absolute Gasteiger partial charge is 0.262 e. The van der Waals surface area contributed by atoms with Crippen LogP contribution in [-0.2, 0) is 12.8 Å². The van der Waals surface area contributed by atoms with E-state index in [2.05, 4.69) is 44.3 Å². The largest absolute Gasteiger partial charge is 0.432 e. The predicted molar refractivity (Wildman–Crippen MR) is 155 cm³/mol. The van der Waals surface area contributed by atoms with E-state index in [0.717, 1.165) is 31.6 Å². The predicted octanol–water partition coefficient (Wildman–Crippen LogP) is 10.1. The van der Waals surface area contributed by atoms with Crippen LogP contribution < -0.4 is 10.1 Å². The lowest BCUT2D eigenvalue weighted by Crippen LogP contribution is -2.27. The highest BCUT2D eigenvalue weighted by Gasteiger charge is 2.12. The molecule has 1 rings (SSSR count). The molecule has 0 aliphatic heterocycles. The second-order valence-electron chi connectivity index (χ2n) is 10.0. The Bertz CT molecular complexity index is 615. The number of ether oxygens (including phenoxy) is 1. The van der Waals surface area contributed by atoms with Gasteiger partial charge in [0.15, 0.2) is 0 Å². The summed E-state index contributed by atoms with van der Waals surface area (Å²) in [6.45, 7) is 7.72. The Morgan fingerprint density at radius 3 is 1.74 bits per heavy atom. The van der Waals surface area contributed by atoms with E-state index in [-0.39, 0.29) is 0 Å². The van der Waals surface area contributed by atoms with Crippen LogP contribution in [-0.4, -0.2) is 11.7 Å². The molecule has 0 bridgehead atoms. The molecule has 1 aromatic rings. The number of hydrogen-bond donors (Lipinski definition) is 1. The van der Waals surface area contributed by atoms with Gasteiger partial charge in [0.25, 0.3) is 5.17 Å². The van der Waals surface area contributed by atoms with Gasteiger partial charge >= 0.3 is 0 Å². The molecule has 0 saturated heterocycles. The van der Waals surface area contributed by atoms with Gasteiger partial charge in [-0.2, -0.15) is 0 Å². The molecule has 1 aromatic carbocycles. The summed E-state index contributed by atoms with van der Waals surface area (Å²) in [6.07, 6.45) is 26.1. The van der Waals surface area contributed by atoms with Crippen molar-refractivity contribution in [2.45, 2.75) is 149 Å². The normalized spacial score (nSPS) is 11.0. The van der Waals surface area contributed by atoms with E-state index in [1.807, 2.05) is 0 Å². The number of aryl methyl sites for hydroxylation is 1. The molecule has 1 N–H and O–H groups in total. The molecule has 2 nitrogen and oxygen atoms in total. The van der Waals surface area contributed by atoms with E-state index in [9.17, 15) is 0 Å². The van der Waals surface area contributed by atoms with Crippen LogP contribution in [0.1, 0.15) is 147 Å². The maximum absolute atomic E-state index is 6.19. The Kier molecular flexibility index (Phi) is 20.4. The Balaban J connectivity index is 2.61. The van der Waals surface area contributed by atoms with Gasteiger partial charge in [-0.3, -0.25) is 0 Å². The summed E-state index contributed by atoms with van der Waals surface area (Å²) in [7, 11) is 0. The molecule has 0 amide bonds. The van der Waals surface area contributed by atoms with Crippen molar-refractivity contribution < 1.29 is 4.74 Å². The molecular formula is C31H55NOS. The Labute approximate surface area is 218 Å². The molecule has 0 heterocycles. The highest BCUT2D eigenvalue weighted by atomic mass is 32.1. The fourth-order valence-electron chi connectivity index (χ4n) is 4.63. The van der Waals surface area contributed by atoms with Crippen LogP contribution in [0.5, 0.6) is 5.75 Å². The van der Waals surface area contributed by atoms with Crippen LogP contribution in [0.2, 0.25) is 0 Å². The average Bonchev–Trinajstić information content (AvgIpc) is 2.84. The number of thiocarbonyl (C=S) groups is 1. The van der Waals surface area contributed by atoms with Gasteiger partial charge in [-0.05, 0) is 61.5 Å². The second-order valence-corrected chi connectivity index (χ2v) is 10.4. The van der Waals surface area contributed by atoms with Crippen molar-refractivity contribution in [3.05, 3.63) is 29.3 Å². The summed E-state index contributed by atoms with van der Waals surface area (Å²) in [5.41, 5.74) is 2.87. The van der Waals surface area contributed by atoms with Gasteiger partial charge < -0.3 is 10.1 Å². The molecule has 0 spiro atoms. The van der Waals surface area contributed by atoms with Crippen molar-refractivity contribution in [2.75, 3.05) is 6.54 Å². The molecule has 3 heteroatoms. The first-order valence-electron chi connectivity index (χ1n) is 14.8. The highest BCUT2D eigenvalue weighted by molar-refractivity contribution is 7.80. The van der Waals surface area contributed by atoms with Crippen LogP contribution in [0.25, 0.3) is 0 Å². The van der Waals surface area contributed by atoms with Crippen LogP contribution in [0.4, 0.5) is 0 Å². The molecule has 0 aliphatic rings. The number of nitrogens with one attached hydrogen (secondary N) is 1. The van der Waals surface area contributed by atoms with E-state index in [1.165, 1.54) is 120 Å². The van der Waals surface area contributed by atoms with Gasteiger partial charge in [0, 0.05) is 6.54 Å². The van der Waals surface area contributed by atoms with Gasteiger partial charge in [-0.15, -0.1) is 0 Å². The molecule has 0 aliphatic carbocycles. The molecule has 0 radical (unpaired) electrons. The Morgan fingerprint density at radius 1 is 0.647 bits per heavy atom. The zero-order valence-corrected chi connectivity index (χ0v) is 23.7. The summed E-state index contributed by atoms with van der Waals surface area (Å²) in [5.74, 6) is 0.984. The third-order valence-electron chi connectivity index (χ3n) is 6.81. The van der Waals surface area contributed by atoms with Crippen molar-refractivity contribution in [3.8, 4) is 5.75 Å². The SMILES string of the molecule is CCCCCCCCCc1cccc(OC(=S)NCCCCCC)c1CCCCCCCCC. The van der Waals surface area contributed by atoms with E-state index in [0.29, 0.717) is 5.17 Å². The summed E-state index contributed by atoms with van der Waals surface area (Å²) in [5, 5.41) is 3.85. The van der Waals surface area contributed by atoms with Gasteiger partial charge in [-0.25, -0.2) is 0 Å². The van der Waals surface area contributed by atoms with Crippen molar-refractivity contribution in [2.24, 2.45) is 0 Å². The standard InChI is InChI=1S/C31H55NOS/c1-4-7-10-13-15-17-19-23-28-24-22-26-30(33-31(34)32-27-21-12-9-6-3)29(28)25-20-18-16-14-11-8-5-2/h22,24,26H,4-21,23,25,27H2,1-3H3,(H,32,34). The highest BCUT2D eigenvalue weighted by Crippen LogP contribution is 2.27. The molecule has 0 unspecified atom stereocenters. The first kappa shape index (κ1) is 30.9. The van der Waals surface area contributed by atoms with Crippen molar-refractivity contribution in [1.82, 2.24) is 5.32 Å². The lowest BCUT2D eigenvalue weighted by Gasteiger charge is -2.17. The minimum Gasteiger partial charge on any atom is -0.432 e. The Hall–Kier alpha value is -1.09. The van der Waals surface area contributed by atoms with Gasteiger partial charge in [0.2, 0.25) is 0 Å². The monoisotopic (exact) mass is 489 g/mol. The zero-order chi connectivity index (χ0) is 24.7. The van der Waals surface area contributed by atoms with Gasteiger partial charge in [0.05, 0.1) is 0 Å². The summed E-state index contributed by atoms with van der Waals surface area (Å²) in [6, 6.07) is 6.60. The first-order valence-corrected chi connectivity index (χ1v) is 15.2. The van der Waals surface area contributed by atoms with E-state index >= 15 is 0 Å². The minimum absolute atomic E-state index is 0.533. The Morgan fingerprint density at radius 2 is 1.15 bits per heavy atom. The molecular weight excluding hydrogens is 434 g/mol. The van der Waals surface area contributed by atoms with Crippen LogP contribution in [0, 0.1) is 0 Å². The maximum Gasteiger partial charge on any atom is 0.262 e. The molecule has 0 saturated carbocycles. The molecule has 0 aromatic heterocycles. The maximum atomic E-state index is 6.19. The number of unbranched alkanes of at least 4 members (excludes halogenated alkanes) is 15. The third-order valence-corrected chi connectivity index (χ3v) is 7.04. The summed E-state index contributed by atoms with van der Waals surface area (Å²) < 4.78 is 6.19. The first-order chi connectivity index (χ1) is 16.7. The molecule has 34 heavy (non-hydrogen) atoms. The third kappa shape index (κ3) is 15.7. The number of benzene rings is 1. The summed E-state index contributed by atoms with van der Waals surface area (Å²) in [4.78, 5) is 0. The van der Waals surface area contributed by atoms with Crippen molar-refractivity contribution >= 4 is 17.4 Å². The van der Waals surface area contributed by atoms with E-state index in [1.54, 1.807) is 0 Å². The van der Waals surface area contributed by atoms with Gasteiger partial charge in [0.1, 0.15) is 5.75 Å². The van der Waals surface area contributed by atoms with E-state index < -0.39 is 0 Å². The second kappa shape index (κ2) is 22.4. The van der Waals surface area contributed by atoms with Crippen molar-refractivity contribution in [1.29, 1.82) is 0 Å². The fraction of sp³-hybridized carbons (Fsp3) is 0.774. The lowest BCUT2D eigenvalue weighted by atomic mass is 9.95. The quantitative estimate of drug-likeness (QED) is 0.129. The number of rotatable bonds is 22.